The minimum Gasteiger partial charge on any atom is -0.271 e. The molecule has 3 N–H and O–H groups in total. The van der Waals surface area contributed by atoms with E-state index >= 15 is 0 Å². The number of thiophene rings is 1. The van der Waals surface area contributed by atoms with Crippen molar-refractivity contribution >= 4 is 43.2 Å². The first-order chi connectivity index (χ1) is 8.19. The van der Waals surface area contributed by atoms with Crippen molar-refractivity contribution in [3.05, 3.63) is 55.1 Å². The van der Waals surface area contributed by atoms with Crippen molar-refractivity contribution in [2.75, 3.05) is 0 Å². The lowest BCUT2D eigenvalue weighted by atomic mass is 10.0. The Morgan fingerprint density at radius 1 is 1.24 bits per heavy atom. The normalized spacial score (nSPS) is 12.6. The molecule has 0 saturated carbocycles. The largest absolute Gasteiger partial charge is 0.271 e. The molecular weight excluding hydrogens is 364 g/mol. The van der Waals surface area contributed by atoms with E-state index in [0.717, 1.165) is 15.4 Å². The summed E-state index contributed by atoms with van der Waals surface area (Å²) in [5.41, 5.74) is 5.34. The Balaban J connectivity index is 2.22. The fourth-order valence-corrected chi connectivity index (χ4v) is 3.70. The van der Waals surface area contributed by atoms with Crippen LogP contribution >= 0.6 is 43.2 Å². The zero-order valence-corrected chi connectivity index (χ0v) is 13.0. The summed E-state index contributed by atoms with van der Waals surface area (Å²) in [6, 6.07) is 8.44. The van der Waals surface area contributed by atoms with Crippen molar-refractivity contribution in [1.29, 1.82) is 0 Å². The van der Waals surface area contributed by atoms with E-state index in [2.05, 4.69) is 66.2 Å². The van der Waals surface area contributed by atoms with E-state index in [4.69, 9.17) is 5.84 Å². The van der Waals surface area contributed by atoms with Crippen LogP contribution in [0.3, 0.4) is 0 Å². The highest BCUT2D eigenvalue weighted by atomic mass is 79.9. The molecule has 1 heterocycles. The minimum absolute atomic E-state index is 0.124. The van der Waals surface area contributed by atoms with Gasteiger partial charge in [0.1, 0.15) is 0 Å². The van der Waals surface area contributed by atoms with Crippen molar-refractivity contribution < 1.29 is 0 Å². The van der Waals surface area contributed by atoms with Crippen LogP contribution in [-0.2, 0) is 6.42 Å². The second-order valence-electron chi connectivity index (χ2n) is 3.76. The fourth-order valence-electron chi connectivity index (χ4n) is 1.69. The number of benzene rings is 1. The fraction of sp³-hybridized carbons (Fsp3) is 0.167. The summed E-state index contributed by atoms with van der Waals surface area (Å²) in [5, 5.41) is 4.23. The van der Waals surface area contributed by atoms with Crippen molar-refractivity contribution in [2.24, 2.45) is 5.84 Å². The molecule has 0 saturated heterocycles. The summed E-state index contributed by atoms with van der Waals surface area (Å²) < 4.78 is 2.10. The van der Waals surface area contributed by atoms with Gasteiger partial charge in [0.2, 0.25) is 0 Å². The quantitative estimate of drug-likeness (QED) is 0.625. The summed E-state index contributed by atoms with van der Waals surface area (Å²) in [4.78, 5) is 0. The van der Waals surface area contributed by atoms with Gasteiger partial charge in [-0.15, -0.1) is 0 Å². The molecule has 5 heteroatoms. The van der Waals surface area contributed by atoms with Crippen LogP contribution in [0.25, 0.3) is 0 Å². The molecule has 0 amide bonds. The van der Waals surface area contributed by atoms with E-state index in [0.29, 0.717) is 0 Å². The van der Waals surface area contributed by atoms with Crippen LogP contribution in [0.4, 0.5) is 0 Å². The molecule has 90 valence electrons. The standard InChI is InChI=1S/C12H12Br2N2S/c13-10-4-9(5-11(14)6-10)12(16-15)3-8-1-2-17-7-8/h1-2,4-7,12,16H,3,15H2. The van der Waals surface area contributed by atoms with Crippen LogP contribution in [0, 0.1) is 0 Å². The SMILES string of the molecule is NNC(Cc1ccsc1)c1cc(Br)cc(Br)c1. The van der Waals surface area contributed by atoms with Crippen LogP contribution in [0.15, 0.2) is 44.0 Å². The summed E-state index contributed by atoms with van der Waals surface area (Å²) in [6.07, 6.45) is 0.892. The lowest BCUT2D eigenvalue weighted by molar-refractivity contribution is 0.552. The molecule has 2 aromatic rings. The zero-order valence-electron chi connectivity index (χ0n) is 8.99. The molecule has 0 aliphatic carbocycles. The van der Waals surface area contributed by atoms with E-state index in [1.54, 1.807) is 11.3 Å². The maximum absolute atomic E-state index is 5.64. The second kappa shape index (κ2) is 6.11. The van der Waals surface area contributed by atoms with Gasteiger partial charge in [0.05, 0.1) is 6.04 Å². The molecule has 0 radical (unpaired) electrons. The van der Waals surface area contributed by atoms with Crippen molar-refractivity contribution in [1.82, 2.24) is 5.43 Å². The van der Waals surface area contributed by atoms with Gasteiger partial charge in [0.25, 0.3) is 0 Å². The average molecular weight is 376 g/mol. The lowest BCUT2D eigenvalue weighted by Crippen LogP contribution is -2.29. The van der Waals surface area contributed by atoms with E-state index < -0.39 is 0 Å². The Kier molecular flexibility index (Phi) is 4.76. The molecule has 0 aliphatic heterocycles. The molecule has 17 heavy (non-hydrogen) atoms. The maximum atomic E-state index is 5.64. The first-order valence-electron chi connectivity index (χ1n) is 5.12. The van der Waals surface area contributed by atoms with Gasteiger partial charge in [-0.1, -0.05) is 31.9 Å². The Hall–Kier alpha value is -0.200. The average Bonchev–Trinajstić information content (AvgIpc) is 2.77. The minimum atomic E-state index is 0.124. The van der Waals surface area contributed by atoms with Crippen LogP contribution in [-0.4, -0.2) is 0 Å². The van der Waals surface area contributed by atoms with Crippen LogP contribution in [0.1, 0.15) is 17.2 Å². The second-order valence-corrected chi connectivity index (χ2v) is 6.37. The third kappa shape index (κ3) is 3.63. The van der Waals surface area contributed by atoms with E-state index in [1.807, 2.05) is 6.07 Å². The van der Waals surface area contributed by atoms with Gasteiger partial charge in [-0.25, -0.2) is 0 Å². The Morgan fingerprint density at radius 2 is 1.94 bits per heavy atom. The number of nitrogens with one attached hydrogen (secondary N) is 1. The number of rotatable bonds is 4. The van der Waals surface area contributed by atoms with E-state index in [9.17, 15) is 0 Å². The predicted molar refractivity (Wildman–Crippen MR) is 79.9 cm³/mol. The highest BCUT2D eigenvalue weighted by molar-refractivity contribution is 9.11. The van der Waals surface area contributed by atoms with E-state index in [1.165, 1.54) is 11.1 Å². The van der Waals surface area contributed by atoms with Crippen LogP contribution in [0.2, 0.25) is 0 Å². The van der Waals surface area contributed by atoms with Crippen LogP contribution < -0.4 is 11.3 Å². The third-order valence-electron chi connectivity index (χ3n) is 2.51. The number of halogens is 2. The molecule has 1 atom stereocenters. The van der Waals surface area contributed by atoms with Crippen molar-refractivity contribution in [2.45, 2.75) is 12.5 Å². The number of hydrogen-bond acceptors (Lipinski definition) is 3. The van der Waals surface area contributed by atoms with Gasteiger partial charge in [-0.05, 0) is 52.6 Å². The van der Waals surface area contributed by atoms with Gasteiger partial charge in [0.15, 0.2) is 0 Å². The van der Waals surface area contributed by atoms with Gasteiger partial charge in [0, 0.05) is 8.95 Å². The predicted octanol–water partition coefficient (Wildman–Crippen LogP) is 4.02. The Labute approximate surface area is 121 Å². The first kappa shape index (κ1) is 13.2. The van der Waals surface area contributed by atoms with Gasteiger partial charge in [-0.3, -0.25) is 11.3 Å². The third-order valence-corrected chi connectivity index (χ3v) is 4.16. The van der Waals surface area contributed by atoms with Gasteiger partial charge in [-0.2, -0.15) is 11.3 Å². The Bertz CT molecular complexity index is 465. The molecule has 0 aliphatic rings. The summed E-state index contributed by atoms with van der Waals surface area (Å²) in [5.74, 6) is 5.64. The lowest BCUT2D eigenvalue weighted by Gasteiger charge is -2.16. The molecule has 1 aromatic carbocycles. The first-order valence-corrected chi connectivity index (χ1v) is 7.65. The van der Waals surface area contributed by atoms with E-state index in [-0.39, 0.29) is 6.04 Å². The topological polar surface area (TPSA) is 38.0 Å². The molecular formula is C12H12Br2N2S. The molecule has 0 fully saturated rings. The molecule has 2 nitrogen and oxygen atoms in total. The smallest absolute Gasteiger partial charge is 0.0501 e. The molecule has 0 bridgehead atoms. The summed E-state index contributed by atoms with van der Waals surface area (Å²) in [7, 11) is 0. The monoisotopic (exact) mass is 374 g/mol. The zero-order chi connectivity index (χ0) is 12.3. The molecule has 1 unspecified atom stereocenters. The summed E-state index contributed by atoms with van der Waals surface area (Å²) >= 11 is 8.69. The van der Waals surface area contributed by atoms with Crippen molar-refractivity contribution in [3.63, 3.8) is 0 Å². The molecule has 1 aromatic heterocycles. The van der Waals surface area contributed by atoms with Crippen molar-refractivity contribution in [3.8, 4) is 0 Å². The number of hydrazine groups is 1. The highest BCUT2D eigenvalue weighted by Gasteiger charge is 2.12. The molecule has 2 rings (SSSR count). The summed E-state index contributed by atoms with van der Waals surface area (Å²) in [6.45, 7) is 0. The number of hydrogen-bond donors (Lipinski definition) is 2. The van der Waals surface area contributed by atoms with Gasteiger partial charge >= 0.3 is 0 Å². The van der Waals surface area contributed by atoms with Crippen LogP contribution in [0.5, 0.6) is 0 Å². The molecule has 0 spiro atoms. The van der Waals surface area contributed by atoms with Gasteiger partial charge < -0.3 is 0 Å². The highest BCUT2D eigenvalue weighted by Crippen LogP contribution is 2.26. The maximum Gasteiger partial charge on any atom is 0.0501 e. The Morgan fingerprint density at radius 3 is 2.47 bits per heavy atom. The number of nitrogens with two attached hydrogens (primary N) is 1.